The predicted molar refractivity (Wildman–Crippen MR) is 66.1 cm³/mol. The molecule has 0 aliphatic carbocycles. The van der Waals surface area contributed by atoms with Gasteiger partial charge in [-0.15, -0.1) is 0 Å². The van der Waals surface area contributed by atoms with Gasteiger partial charge < -0.3 is 10.6 Å². The molecule has 1 aromatic rings. The summed E-state index contributed by atoms with van der Waals surface area (Å²) in [6.07, 6.45) is 0. The Kier molecular flexibility index (Phi) is 2.59. The molecule has 2 unspecified atom stereocenters. The van der Waals surface area contributed by atoms with Gasteiger partial charge in [-0.3, -0.25) is 0 Å². The normalized spacial score (nSPS) is 25.9. The first-order valence-corrected chi connectivity index (χ1v) is 5.69. The first kappa shape index (κ1) is 10.3. The molecule has 0 saturated carbocycles. The number of nitrogen functional groups attached to an aromatic ring is 1. The van der Waals surface area contributed by atoms with Crippen molar-refractivity contribution in [2.75, 3.05) is 23.7 Å². The third-order valence-electron chi connectivity index (χ3n) is 3.57. The molecule has 0 radical (unpaired) electrons. The zero-order valence-corrected chi connectivity index (χ0v) is 9.83. The minimum Gasteiger partial charge on any atom is -0.397 e. The molecule has 15 heavy (non-hydrogen) atoms. The van der Waals surface area contributed by atoms with Crippen LogP contribution in [0.25, 0.3) is 0 Å². The summed E-state index contributed by atoms with van der Waals surface area (Å²) >= 11 is 0. The number of hydrogen-bond acceptors (Lipinski definition) is 2. The van der Waals surface area contributed by atoms with E-state index >= 15 is 0 Å². The van der Waals surface area contributed by atoms with Crippen LogP contribution in [0.15, 0.2) is 18.2 Å². The summed E-state index contributed by atoms with van der Waals surface area (Å²) in [4.78, 5) is 2.43. The van der Waals surface area contributed by atoms with Crippen LogP contribution in [0.5, 0.6) is 0 Å². The predicted octanol–water partition coefficient (Wildman–Crippen LogP) is 2.67. The van der Waals surface area contributed by atoms with Crippen molar-refractivity contribution in [1.29, 1.82) is 0 Å². The highest BCUT2D eigenvalue weighted by molar-refractivity contribution is 5.71. The number of nitrogens with two attached hydrogens (primary N) is 1. The van der Waals surface area contributed by atoms with E-state index in [2.05, 4.69) is 31.7 Å². The van der Waals surface area contributed by atoms with Gasteiger partial charge in [-0.1, -0.05) is 26.0 Å². The van der Waals surface area contributed by atoms with Gasteiger partial charge in [0.1, 0.15) is 0 Å². The fourth-order valence-electron chi connectivity index (χ4n) is 2.43. The minimum atomic E-state index is 0.768. The van der Waals surface area contributed by atoms with Crippen molar-refractivity contribution >= 4 is 11.4 Å². The lowest BCUT2D eigenvalue weighted by Crippen LogP contribution is -2.21. The number of aryl methyl sites for hydroxylation is 1. The second-order valence-electron chi connectivity index (χ2n) is 4.87. The zero-order chi connectivity index (χ0) is 11.0. The molecule has 0 aromatic heterocycles. The molecule has 2 heteroatoms. The second kappa shape index (κ2) is 3.76. The molecule has 0 spiro atoms. The van der Waals surface area contributed by atoms with Crippen molar-refractivity contribution in [3.8, 4) is 0 Å². The quantitative estimate of drug-likeness (QED) is 0.713. The molecule has 1 aromatic carbocycles. The highest BCUT2D eigenvalue weighted by Gasteiger charge is 2.27. The Morgan fingerprint density at radius 3 is 2.33 bits per heavy atom. The maximum atomic E-state index is 6.05. The van der Waals surface area contributed by atoms with Crippen LogP contribution in [0.1, 0.15) is 19.4 Å². The van der Waals surface area contributed by atoms with E-state index < -0.39 is 0 Å². The van der Waals surface area contributed by atoms with Gasteiger partial charge >= 0.3 is 0 Å². The van der Waals surface area contributed by atoms with Crippen LogP contribution >= 0.6 is 0 Å². The van der Waals surface area contributed by atoms with Crippen LogP contribution in [0.4, 0.5) is 11.4 Å². The van der Waals surface area contributed by atoms with Crippen LogP contribution in [-0.2, 0) is 0 Å². The van der Waals surface area contributed by atoms with E-state index in [4.69, 9.17) is 5.73 Å². The van der Waals surface area contributed by atoms with Gasteiger partial charge in [-0.05, 0) is 30.4 Å². The Hall–Kier alpha value is -1.18. The lowest BCUT2D eigenvalue weighted by atomic mass is 10.0. The smallest absolute Gasteiger partial charge is 0.0629 e. The standard InChI is InChI=1S/C13H20N2/c1-9-5-4-6-12(14)13(9)15-7-10(2)11(3)8-15/h4-6,10-11H,7-8,14H2,1-3H3. The van der Waals surface area contributed by atoms with E-state index in [-0.39, 0.29) is 0 Å². The third kappa shape index (κ3) is 1.81. The lowest BCUT2D eigenvalue weighted by Gasteiger charge is -2.22. The number of hydrogen-bond donors (Lipinski definition) is 1. The monoisotopic (exact) mass is 204 g/mol. The van der Waals surface area contributed by atoms with Crippen LogP contribution in [0, 0.1) is 18.8 Å². The van der Waals surface area contributed by atoms with Gasteiger partial charge in [-0.25, -0.2) is 0 Å². The molecule has 2 nitrogen and oxygen atoms in total. The molecule has 0 amide bonds. The Morgan fingerprint density at radius 2 is 1.80 bits per heavy atom. The van der Waals surface area contributed by atoms with E-state index in [1.165, 1.54) is 11.3 Å². The molecular weight excluding hydrogens is 184 g/mol. The zero-order valence-electron chi connectivity index (χ0n) is 9.83. The van der Waals surface area contributed by atoms with Gasteiger partial charge in [0.05, 0.1) is 11.4 Å². The summed E-state index contributed by atoms with van der Waals surface area (Å²) in [5.74, 6) is 1.54. The number of nitrogens with zero attached hydrogens (tertiary/aromatic N) is 1. The summed E-state index contributed by atoms with van der Waals surface area (Å²) in [7, 11) is 0. The Labute approximate surface area is 92.1 Å². The largest absolute Gasteiger partial charge is 0.397 e. The van der Waals surface area contributed by atoms with Crippen molar-refractivity contribution in [3.63, 3.8) is 0 Å². The first-order valence-electron chi connectivity index (χ1n) is 5.69. The van der Waals surface area contributed by atoms with Crippen LogP contribution in [0.3, 0.4) is 0 Å². The minimum absolute atomic E-state index is 0.768. The molecule has 0 bridgehead atoms. The molecule has 1 heterocycles. The molecular formula is C13H20N2. The maximum Gasteiger partial charge on any atom is 0.0629 e. The van der Waals surface area contributed by atoms with Gasteiger partial charge in [0.2, 0.25) is 0 Å². The second-order valence-corrected chi connectivity index (χ2v) is 4.87. The summed E-state index contributed by atoms with van der Waals surface area (Å²) in [6, 6.07) is 6.16. The lowest BCUT2D eigenvalue weighted by molar-refractivity contribution is 0.494. The fraction of sp³-hybridized carbons (Fsp3) is 0.538. The summed E-state index contributed by atoms with van der Waals surface area (Å²) in [6.45, 7) is 9.05. The summed E-state index contributed by atoms with van der Waals surface area (Å²) < 4.78 is 0. The first-order chi connectivity index (χ1) is 7.09. The van der Waals surface area contributed by atoms with Gasteiger partial charge in [0, 0.05) is 13.1 Å². The SMILES string of the molecule is Cc1cccc(N)c1N1CC(C)C(C)C1. The fourth-order valence-corrected chi connectivity index (χ4v) is 2.43. The maximum absolute atomic E-state index is 6.05. The van der Waals surface area contributed by atoms with Crippen molar-refractivity contribution in [3.05, 3.63) is 23.8 Å². The molecule has 1 aliphatic rings. The van der Waals surface area contributed by atoms with Crippen molar-refractivity contribution < 1.29 is 0 Å². The molecule has 1 saturated heterocycles. The average molecular weight is 204 g/mol. The molecule has 2 rings (SSSR count). The number of para-hydroxylation sites is 1. The third-order valence-corrected chi connectivity index (χ3v) is 3.57. The van der Waals surface area contributed by atoms with Gasteiger partial charge in [0.15, 0.2) is 0 Å². The van der Waals surface area contributed by atoms with E-state index in [1.807, 2.05) is 12.1 Å². The molecule has 1 aliphatic heterocycles. The van der Waals surface area contributed by atoms with E-state index in [9.17, 15) is 0 Å². The van der Waals surface area contributed by atoms with Crippen LogP contribution in [-0.4, -0.2) is 13.1 Å². The van der Waals surface area contributed by atoms with Gasteiger partial charge in [-0.2, -0.15) is 0 Å². The van der Waals surface area contributed by atoms with Crippen LogP contribution in [0.2, 0.25) is 0 Å². The molecule has 82 valence electrons. The number of rotatable bonds is 1. The van der Waals surface area contributed by atoms with E-state index in [0.29, 0.717) is 0 Å². The van der Waals surface area contributed by atoms with E-state index in [1.54, 1.807) is 0 Å². The number of anilines is 2. The molecule has 2 atom stereocenters. The van der Waals surface area contributed by atoms with Crippen LogP contribution < -0.4 is 10.6 Å². The Balaban J connectivity index is 2.31. The highest BCUT2D eigenvalue weighted by Crippen LogP contribution is 2.33. The van der Waals surface area contributed by atoms with Gasteiger partial charge in [0.25, 0.3) is 0 Å². The van der Waals surface area contributed by atoms with E-state index in [0.717, 1.165) is 30.6 Å². The topological polar surface area (TPSA) is 29.3 Å². The summed E-state index contributed by atoms with van der Waals surface area (Å²) in [5.41, 5.74) is 9.50. The van der Waals surface area contributed by atoms with Crippen molar-refractivity contribution in [1.82, 2.24) is 0 Å². The van der Waals surface area contributed by atoms with Crippen molar-refractivity contribution in [2.45, 2.75) is 20.8 Å². The highest BCUT2D eigenvalue weighted by atomic mass is 15.2. The molecule has 1 fully saturated rings. The Morgan fingerprint density at radius 1 is 1.20 bits per heavy atom. The summed E-state index contributed by atoms with van der Waals surface area (Å²) in [5, 5.41) is 0. The van der Waals surface area contributed by atoms with Crippen molar-refractivity contribution in [2.24, 2.45) is 11.8 Å². The average Bonchev–Trinajstić information content (AvgIpc) is 2.46. The molecule has 2 N–H and O–H groups in total. The number of benzene rings is 1. The Bertz CT molecular complexity index is 329.